The van der Waals surface area contributed by atoms with Crippen LogP contribution in [0.15, 0.2) is 4.99 Å². The number of hydrogen-bond donors (Lipinski definition) is 1. The lowest BCUT2D eigenvalue weighted by atomic mass is 10.0. The molecule has 1 N–H and O–H groups in total. The second-order valence-electron chi connectivity index (χ2n) is 8.00. The maximum atomic E-state index is 11.7. The quantitative estimate of drug-likeness (QED) is 0.601. The average Bonchev–Trinajstić information content (AvgIpc) is 2.95. The van der Waals surface area contributed by atoms with E-state index in [1.54, 1.807) is 0 Å². The Labute approximate surface area is 152 Å². The van der Waals surface area contributed by atoms with Gasteiger partial charge in [0.2, 0.25) is 0 Å². The van der Waals surface area contributed by atoms with Crippen molar-refractivity contribution in [3.05, 3.63) is 0 Å². The summed E-state index contributed by atoms with van der Waals surface area (Å²) in [5, 5.41) is 3.53. The first-order valence-corrected chi connectivity index (χ1v) is 11.7. The Morgan fingerprint density at radius 2 is 2.12 bits per heavy atom. The minimum absolute atomic E-state index is 0.176. The Kier molecular flexibility index (Phi) is 6.61. The molecule has 3 saturated heterocycles. The van der Waals surface area contributed by atoms with E-state index in [1.807, 2.05) is 0 Å². The summed E-state index contributed by atoms with van der Waals surface area (Å²) in [7, 11) is -2.83. The number of aliphatic imine (C=N–C) groups is 1. The molecule has 3 heterocycles. The highest BCUT2D eigenvalue weighted by Crippen LogP contribution is 2.20. The highest BCUT2D eigenvalue weighted by Gasteiger charge is 2.28. The van der Waals surface area contributed by atoms with E-state index in [0.717, 1.165) is 51.5 Å². The van der Waals surface area contributed by atoms with Crippen molar-refractivity contribution in [3.8, 4) is 0 Å². The first kappa shape index (κ1) is 19.0. The van der Waals surface area contributed by atoms with Crippen LogP contribution in [-0.4, -0.2) is 69.7 Å². The molecule has 3 aliphatic rings. The van der Waals surface area contributed by atoms with E-state index in [1.165, 1.54) is 19.3 Å². The first-order valence-electron chi connectivity index (χ1n) is 9.87. The first-order chi connectivity index (χ1) is 12.0. The summed E-state index contributed by atoms with van der Waals surface area (Å²) >= 11 is 0. The zero-order chi connectivity index (χ0) is 17.7. The van der Waals surface area contributed by atoms with Gasteiger partial charge >= 0.3 is 0 Å². The summed E-state index contributed by atoms with van der Waals surface area (Å²) in [6.07, 6.45) is 7.00. The highest BCUT2D eigenvalue weighted by atomic mass is 32.2. The maximum Gasteiger partial charge on any atom is 0.194 e. The summed E-state index contributed by atoms with van der Waals surface area (Å²) in [6.45, 7) is 6.62. The lowest BCUT2D eigenvalue weighted by Gasteiger charge is -2.34. The average molecular weight is 372 g/mol. The van der Waals surface area contributed by atoms with Crippen LogP contribution in [0.25, 0.3) is 0 Å². The van der Waals surface area contributed by atoms with E-state index in [9.17, 15) is 8.42 Å². The predicted molar refractivity (Wildman–Crippen MR) is 101 cm³/mol. The fourth-order valence-electron chi connectivity index (χ4n) is 4.05. The van der Waals surface area contributed by atoms with Crippen LogP contribution in [0.3, 0.4) is 0 Å². The lowest BCUT2D eigenvalue weighted by molar-refractivity contribution is 0.0190. The molecule has 3 aliphatic heterocycles. The minimum atomic E-state index is -2.83. The molecular formula is C18H33N3O3S. The third-order valence-electron chi connectivity index (χ3n) is 5.54. The normalized spacial score (nSPS) is 33.4. The van der Waals surface area contributed by atoms with Crippen LogP contribution in [0.4, 0.5) is 0 Å². The van der Waals surface area contributed by atoms with Gasteiger partial charge in [0.15, 0.2) is 15.8 Å². The number of hydrogen-bond acceptors (Lipinski definition) is 4. The summed E-state index contributed by atoms with van der Waals surface area (Å²) in [4.78, 5) is 7.17. The summed E-state index contributed by atoms with van der Waals surface area (Å²) in [5.74, 6) is 2.43. The molecule has 0 aromatic heterocycles. The second kappa shape index (κ2) is 8.71. The van der Waals surface area contributed by atoms with Gasteiger partial charge in [-0.15, -0.1) is 0 Å². The van der Waals surface area contributed by atoms with Crippen LogP contribution >= 0.6 is 0 Å². The number of likely N-dealkylation sites (tertiary alicyclic amines) is 1. The molecule has 3 atom stereocenters. The molecule has 0 amide bonds. The molecule has 0 aromatic carbocycles. The van der Waals surface area contributed by atoms with Gasteiger partial charge in [0, 0.05) is 32.8 Å². The van der Waals surface area contributed by atoms with Crippen LogP contribution in [0.5, 0.6) is 0 Å². The SMILES string of the molecule is CC1CCCN(C(=NCC2CCS(=O)(=O)C2)NCC2CCCCO2)C1. The van der Waals surface area contributed by atoms with Crippen molar-refractivity contribution in [2.24, 2.45) is 16.8 Å². The number of ether oxygens (including phenoxy) is 1. The molecule has 7 heteroatoms. The van der Waals surface area contributed by atoms with E-state index >= 15 is 0 Å². The second-order valence-corrected chi connectivity index (χ2v) is 10.2. The van der Waals surface area contributed by atoms with Crippen LogP contribution in [0.1, 0.15) is 45.4 Å². The van der Waals surface area contributed by atoms with Gasteiger partial charge in [-0.05, 0) is 50.4 Å². The van der Waals surface area contributed by atoms with Crippen LogP contribution in [-0.2, 0) is 14.6 Å². The summed E-state index contributed by atoms with van der Waals surface area (Å²) in [6, 6.07) is 0. The Balaban J connectivity index is 1.59. The number of rotatable bonds is 4. The van der Waals surface area contributed by atoms with Crippen molar-refractivity contribution in [1.82, 2.24) is 10.2 Å². The molecule has 3 rings (SSSR count). The fourth-order valence-corrected chi connectivity index (χ4v) is 5.90. The zero-order valence-corrected chi connectivity index (χ0v) is 16.3. The topological polar surface area (TPSA) is 71.0 Å². The number of sulfone groups is 1. The van der Waals surface area contributed by atoms with Crippen molar-refractivity contribution in [1.29, 1.82) is 0 Å². The molecule has 0 radical (unpaired) electrons. The van der Waals surface area contributed by atoms with Gasteiger partial charge in [-0.3, -0.25) is 4.99 Å². The van der Waals surface area contributed by atoms with E-state index in [-0.39, 0.29) is 12.0 Å². The monoisotopic (exact) mass is 371 g/mol. The van der Waals surface area contributed by atoms with Crippen LogP contribution < -0.4 is 5.32 Å². The molecule has 25 heavy (non-hydrogen) atoms. The van der Waals surface area contributed by atoms with E-state index in [4.69, 9.17) is 9.73 Å². The Morgan fingerprint density at radius 1 is 1.24 bits per heavy atom. The number of nitrogens with one attached hydrogen (secondary N) is 1. The van der Waals surface area contributed by atoms with Gasteiger partial charge in [0.1, 0.15) is 0 Å². The van der Waals surface area contributed by atoms with Crippen molar-refractivity contribution >= 4 is 15.8 Å². The standard InChI is InChI=1S/C18H33N3O3S/c1-15-5-4-8-21(13-15)18(20-12-17-6-2-3-9-24-17)19-11-16-7-10-25(22,23)14-16/h15-17H,2-14H2,1H3,(H,19,20). The highest BCUT2D eigenvalue weighted by molar-refractivity contribution is 7.91. The molecule has 144 valence electrons. The van der Waals surface area contributed by atoms with Gasteiger partial charge in [-0.2, -0.15) is 0 Å². The van der Waals surface area contributed by atoms with Crippen molar-refractivity contribution < 1.29 is 13.2 Å². The molecule has 0 bridgehead atoms. The molecule has 0 aromatic rings. The number of guanidine groups is 1. The molecule has 6 nitrogen and oxygen atoms in total. The van der Waals surface area contributed by atoms with E-state index in [0.29, 0.717) is 24.0 Å². The predicted octanol–water partition coefficient (Wildman–Crippen LogP) is 1.67. The smallest absolute Gasteiger partial charge is 0.194 e. The Morgan fingerprint density at radius 3 is 2.80 bits per heavy atom. The fraction of sp³-hybridized carbons (Fsp3) is 0.944. The summed E-state index contributed by atoms with van der Waals surface area (Å²) in [5.41, 5.74) is 0. The van der Waals surface area contributed by atoms with Crippen molar-refractivity contribution in [2.45, 2.75) is 51.6 Å². The molecule has 0 aliphatic carbocycles. The molecular weight excluding hydrogens is 338 g/mol. The molecule has 3 unspecified atom stereocenters. The van der Waals surface area contributed by atoms with Crippen LogP contribution in [0, 0.1) is 11.8 Å². The Bertz CT molecular complexity index is 558. The molecule has 0 saturated carbocycles. The van der Waals surface area contributed by atoms with Gasteiger partial charge in [-0.25, -0.2) is 8.42 Å². The maximum absolute atomic E-state index is 11.7. The van der Waals surface area contributed by atoms with Gasteiger partial charge < -0.3 is 15.0 Å². The van der Waals surface area contributed by atoms with Crippen molar-refractivity contribution in [3.63, 3.8) is 0 Å². The van der Waals surface area contributed by atoms with Gasteiger partial charge in [-0.1, -0.05) is 6.92 Å². The third-order valence-corrected chi connectivity index (χ3v) is 7.38. The molecule has 0 spiro atoms. The zero-order valence-electron chi connectivity index (χ0n) is 15.5. The Hall–Kier alpha value is -0.820. The molecule has 3 fully saturated rings. The van der Waals surface area contributed by atoms with E-state index < -0.39 is 9.84 Å². The lowest BCUT2D eigenvalue weighted by Crippen LogP contribution is -2.48. The van der Waals surface area contributed by atoms with Gasteiger partial charge in [0.05, 0.1) is 17.6 Å². The third kappa shape index (κ3) is 5.84. The number of nitrogens with zero attached hydrogens (tertiary/aromatic N) is 2. The summed E-state index contributed by atoms with van der Waals surface area (Å²) < 4.78 is 29.2. The number of piperidine rings is 1. The largest absolute Gasteiger partial charge is 0.376 e. The van der Waals surface area contributed by atoms with Crippen molar-refractivity contribution in [2.75, 3.05) is 44.3 Å². The minimum Gasteiger partial charge on any atom is -0.376 e. The van der Waals surface area contributed by atoms with Gasteiger partial charge in [0.25, 0.3) is 0 Å². The van der Waals surface area contributed by atoms with Crippen LogP contribution in [0.2, 0.25) is 0 Å². The van der Waals surface area contributed by atoms with E-state index in [2.05, 4.69) is 17.1 Å².